The van der Waals surface area contributed by atoms with Crippen LogP contribution in [-0.4, -0.2) is 146 Å². The molecule has 0 aliphatic carbocycles. The van der Waals surface area contributed by atoms with Crippen LogP contribution in [0, 0.1) is 5.92 Å². The van der Waals surface area contributed by atoms with E-state index >= 15 is 0 Å². The predicted molar refractivity (Wildman–Crippen MR) is 266 cm³/mol. The number of urea groups is 1. The summed E-state index contributed by atoms with van der Waals surface area (Å²) in [7, 11) is -3.45. The van der Waals surface area contributed by atoms with Crippen molar-refractivity contribution in [2.75, 3.05) is 84.8 Å². The van der Waals surface area contributed by atoms with Crippen molar-refractivity contribution in [3.8, 4) is 0 Å². The van der Waals surface area contributed by atoms with Crippen LogP contribution in [0.4, 0.5) is 4.79 Å². The van der Waals surface area contributed by atoms with Crippen LogP contribution in [0.2, 0.25) is 0 Å². The molecule has 0 unspecified atom stereocenters. The van der Waals surface area contributed by atoms with Gasteiger partial charge < -0.3 is 54.4 Å². The summed E-state index contributed by atoms with van der Waals surface area (Å²) in [6.45, 7) is 12.3. The largest absolute Gasteiger partial charge is 0.407 e. The van der Waals surface area contributed by atoms with Crippen LogP contribution in [0.5, 0.6) is 0 Å². The summed E-state index contributed by atoms with van der Waals surface area (Å²) in [5.74, 6) is 0.817. The van der Waals surface area contributed by atoms with Gasteiger partial charge in [0.05, 0.1) is 83.2 Å². The molecule has 0 bridgehead atoms. The Hall–Kier alpha value is -4.24. The number of thioether (sulfide) groups is 1. The lowest BCUT2D eigenvalue weighted by Crippen LogP contribution is -2.68. The average molecular weight is 985 g/mol. The third-order valence-corrected chi connectivity index (χ3v) is 16.6. The van der Waals surface area contributed by atoms with Crippen molar-refractivity contribution in [2.24, 2.45) is 11.0 Å². The highest BCUT2D eigenvalue weighted by atomic mass is 32.2. The number of carbonyl (C=O) groups is 4. The molecule has 4 rings (SSSR count). The molecule has 5 amide bonds. The lowest BCUT2D eigenvalue weighted by Gasteiger charge is -2.40. The SMILES string of the molecule is CC(C)[C@@H](CO[Si](OC(C)(C)CNC(=O)CCOCCOCCOCCOCCNC(=O)CCCC[C@@H]1SC[C@@H]2NC(=O)N[C@@H]21)(c1ccccc1)c1ccccc1)NC(=O)CCCCCN=[N+]=[N-]. The van der Waals surface area contributed by atoms with Gasteiger partial charge in [-0.15, -0.1) is 0 Å². The molecule has 378 valence electrons. The number of carbonyl (C=O) groups excluding carboxylic acids is 4. The fourth-order valence-corrected chi connectivity index (χ4v) is 12.8. The summed E-state index contributed by atoms with van der Waals surface area (Å²) in [5.41, 5.74) is 7.65. The number of nitrogens with one attached hydrogen (secondary N) is 5. The van der Waals surface area contributed by atoms with Crippen LogP contribution in [0.3, 0.4) is 0 Å². The molecule has 0 radical (unpaired) electrons. The van der Waals surface area contributed by atoms with Crippen molar-refractivity contribution >= 4 is 54.4 Å². The van der Waals surface area contributed by atoms with Gasteiger partial charge in [0, 0.05) is 54.8 Å². The van der Waals surface area contributed by atoms with E-state index in [2.05, 4.69) is 50.5 Å². The third-order valence-electron chi connectivity index (χ3n) is 11.5. The second-order valence-corrected chi connectivity index (χ2v) is 22.1. The van der Waals surface area contributed by atoms with Crippen LogP contribution in [0.15, 0.2) is 65.8 Å². The van der Waals surface area contributed by atoms with Gasteiger partial charge in [0.25, 0.3) is 0 Å². The Kier molecular flexibility index (Phi) is 26.3. The first kappa shape index (κ1) is 56.3. The molecule has 5 N–H and O–H groups in total. The van der Waals surface area contributed by atoms with Gasteiger partial charge in [0.15, 0.2) is 0 Å². The van der Waals surface area contributed by atoms with Gasteiger partial charge in [-0.05, 0) is 61.4 Å². The number of nitrogens with zero attached hydrogens (tertiary/aromatic N) is 3. The molecule has 2 saturated heterocycles. The number of unbranched alkanes of at least 4 members (excludes halogenated alkanes) is 3. The topological polar surface area (TPSA) is 233 Å². The van der Waals surface area contributed by atoms with E-state index in [1.54, 1.807) is 0 Å². The number of hydrogen-bond donors (Lipinski definition) is 5. The third kappa shape index (κ3) is 21.2. The van der Waals surface area contributed by atoms with E-state index in [0.717, 1.165) is 48.2 Å². The molecule has 0 spiro atoms. The van der Waals surface area contributed by atoms with E-state index in [9.17, 15) is 19.2 Å². The zero-order valence-corrected chi connectivity index (χ0v) is 42.4. The highest BCUT2D eigenvalue weighted by Crippen LogP contribution is 2.33. The molecule has 2 heterocycles. The maximum atomic E-state index is 13.0. The smallest absolute Gasteiger partial charge is 0.386 e. The van der Waals surface area contributed by atoms with E-state index in [4.69, 9.17) is 33.3 Å². The average Bonchev–Trinajstić information content (AvgIpc) is 3.89. The first-order valence-electron chi connectivity index (χ1n) is 24.2. The van der Waals surface area contributed by atoms with Crippen LogP contribution in [0.25, 0.3) is 10.4 Å². The fourth-order valence-electron chi connectivity index (χ4n) is 7.75. The molecule has 2 fully saturated rings. The van der Waals surface area contributed by atoms with Gasteiger partial charge in [-0.3, -0.25) is 14.4 Å². The number of benzene rings is 2. The normalized spacial score (nSPS) is 17.2. The molecule has 20 heteroatoms. The van der Waals surface area contributed by atoms with Crippen LogP contribution >= 0.6 is 11.8 Å². The molecular formula is C48H76N8O10SSi. The molecule has 4 atom stereocenters. The first-order valence-corrected chi connectivity index (χ1v) is 27.1. The highest BCUT2D eigenvalue weighted by molar-refractivity contribution is 8.00. The number of rotatable bonds is 37. The van der Waals surface area contributed by atoms with Crippen molar-refractivity contribution in [1.29, 1.82) is 0 Å². The Balaban J connectivity index is 1.07. The second kappa shape index (κ2) is 31.8. The standard InChI is InChI=1S/C48H76N8O10SSi/c1-37(2)40(53-45(59)22-12-7-15-24-52-56-49)34-65-68(38-16-8-5-9-17-38,39-18-10-6-11-19-39)66-48(3,4)36-51-44(58)23-26-61-28-30-63-32-33-64-31-29-62-27-25-50-43(57)21-14-13-20-42-46-41(35-67-42)54-47(60)55-46/h5-6,8-11,16-19,37,40-42,46H,7,12-15,20-36H2,1-4H3,(H,50,57)(H,51,58)(H,53,59)(H2,54,55,60)/t40-,41+,42+,46+/m1/s1. The molecule has 2 aromatic rings. The number of ether oxygens (including phenoxy) is 4. The number of hydrogen-bond acceptors (Lipinski definition) is 12. The summed E-state index contributed by atoms with van der Waals surface area (Å²) < 4.78 is 36.5. The molecule has 18 nitrogen and oxygen atoms in total. The molecule has 68 heavy (non-hydrogen) atoms. The van der Waals surface area contributed by atoms with E-state index < -0.39 is 14.2 Å². The predicted octanol–water partition coefficient (Wildman–Crippen LogP) is 4.48. The summed E-state index contributed by atoms with van der Waals surface area (Å²) in [6.07, 6.45) is 6.02. The maximum Gasteiger partial charge on any atom is 0.407 e. The van der Waals surface area contributed by atoms with Crippen molar-refractivity contribution in [3.63, 3.8) is 0 Å². The van der Waals surface area contributed by atoms with E-state index in [1.165, 1.54) is 0 Å². The van der Waals surface area contributed by atoms with E-state index in [0.29, 0.717) is 83.9 Å². The maximum absolute atomic E-state index is 13.0. The molecular weight excluding hydrogens is 909 g/mol. The molecule has 2 aromatic carbocycles. The van der Waals surface area contributed by atoms with E-state index in [-0.39, 0.29) is 74.0 Å². The number of azide groups is 1. The van der Waals surface area contributed by atoms with Crippen molar-refractivity contribution < 1.29 is 47.0 Å². The zero-order valence-electron chi connectivity index (χ0n) is 40.5. The fraction of sp³-hybridized carbons (Fsp3) is 0.667. The summed E-state index contributed by atoms with van der Waals surface area (Å²) >= 11 is 1.89. The Morgan fingerprint density at radius 1 is 0.779 bits per heavy atom. The Morgan fingerprint density at radius 3 is 2.00 bits per heavy atom. The summed E-state index contributed by atoms with van der Waals surface area (Å²) in [6, 6.07) is 19.9. The van der Waals surface area contributed by atoms with Gasteiger partial charge >= 0.3 is 14.6 Å². The van der Waals surface area contributed by atoms with Gasteiger partial charge in [-0.2, -0.15) is 11.8 Å². The van der Waals surface area contributed by atoms with Crippen molar-refractivity contribution in [1.82, 2.24) is 26.6 Å². The summed E-state index contributed by atoms with van der Waals surface area (Å²) in [4.78, 5) is 52.5. The van der Waals surface area contributed by atoms with Crippen LogP contribution < -0.4 is 37.0 Å². The van der Waals surface area contributed by atoms with Gasteiger partial charge in [-0.25, -0.2) is 4.79 Å². The minimum Gasteiger partial charge on any atom is -0.386 e. The monoisotopic (exact) mass is 985 g/mol. The molecule has 2 aliphatic heterocycles. The van der Waals surface area contributed by atoms with Crippen molar-refractivity contribution in [3.05, 3.63) is 71.1 Å². The van der Waals surface area contributed by atoms with Crippen LogP contribution in [-0.2, 0) is 42.2 Å². The number of amides is 5. The lowest BCUT2D eigenvalue weighted by molar-refractivity contribution is -0.123. The van der Waals surface area contributed by atoms with E-state index in [1.807, 2.05) is 86.3 Å². The molecule has 0 aromatic heterocycles. The van der Waals surface area contributed by atoms with Gasteiger partial charge in [-0.1, -0.05) is 92.5 Å². The summed E-state index contributed by atoms with van der Waals surface area (Å²) in [5, 5.41) is 20.9. The van der Waals surface area contributed by atoms with Gasteiger partial charge in [0.1, 0.15) is 0 Å². The quantitative estimate of drug-likeness (QED) is 0.0158. The first-order chi connectivity index (χ1) is 32.9. The second-order valence-electron chi connectivity index (χ2n) is 17.9. The Labute approximate surface area is 408 Å². The minimum atomic E-state index is -3.45. The van der Waals surface area contributed by atoms with Crippen LogP contribution in [0.1, 0.15) is 85.5 Å². The number of fused-ring (bicyclic) bond motifs is 1. The molecule has 2 aliphatic rings. The lowest BCUT2D eigenvalue weighted by atomic mass is 10.0. The Bertz CT molecular complexity index is 1790. The zero-order chi connectivity index (χ0) is 48.9. The van der Waals surface area contributed by atoms with Crippen molar-refractivity contribution in [2.45, 2.75) is 114 Å². The minimum absolute atomic E-state index is 0.0211. The molecule has 0 saturated carbocycles. The highest BCUT2D eigenvalue weighted by Gasteiger charge is 2.48. The Morgan fingerprint density at radius 2 is 1.37 bits per heavy atom. The van der Waals surface area contributed by atoms with Gasteiger partial charge in [0.2, 0.25) is 17.7 Å².